The molecule has 2 N–H and O–H groups in total. The molecule has 0 heterocycles. The number of fused-ring (bicyclic) bond motifs is 1. The molecule has 2 aromatic rings. The van der Waals surface area contributed by atoms with Gasteiger partial charge in [0.1, 0.15) is 11.5 Å². The minimum Gasteiger partial charge on any atom is -0.496 e. The van der Waals surface area contributed by atoms with Crippen LogP contribution >= 0.6 is 0 Å². The number of nitrogens with two attached hydrogens (primary N) is 1. The minimum atomic E-state index is 0.697. The molecule has 2 aromatic carbocycles. The molecule has 0 aromatic heterocycles. The summed E-state index contributed by atoms with van der Waals surface area (Å²) in [5.41, 5.74) is 6.62. The van der Waals surface area contributed by atoms with Crippen molar-refractivity contribution in [1.82, 2.24) is 0 Å². The van der Waals surface area contributed by atoms with Crippen LogP contribution in [0.2, 0.25) is 0 Å². The molecule has 0 amide bonds. The van der Waals surface area contributed by atoms with E-state index in [1.165, 1.54) is 0 Å². The highest BCUT2D eigenvalue weighted by atomic mass is 16.5. The highest BCUT2D eigenvalue weighted by Crippen LogP contribution is 2.36. The average Bonchev–Trinajstić information content (AvgIpc) is 2.29. The van der Waals surface area contributed by atoms with E-state index in [0.29, 0.717) is 5.69 Å². The van der Waals surface area contributed by atoms with E-state index in [2.05, 4.69) is 0 Å². The molecule has 0 aliphatic rings. The fourth-order valence-electron chi connectivity index (χ4n) is 1.72. The van der Waals surface area contributed by atoms with Gasteiger partial charge in [-0.05, 0) is 18.2 Å². The van der Waals surface area contributed by atoms with Gasteiger partial charge in [0.15, 0.2) is 0 Å². The van der Waals surface area contributed by atoms with Crippen molar-refractivity contribution in [3.05, 3.63) is 30.3 Å². The van der Waals surface area contributed by atoms with E-state index in [1.807, 2.05) is 30.3 Å². The first-order valence-electron chi connectivity index (χ1n) is 4.67. The maximum Gasteiger partial charge on any atom is 0.128 e. The van der Waals surface area contributed by atoms with Crippen LogP contribution in [-0.2, 0) is 0 Å². The molecule has 3 heteroatoms. The lowest BCUT2D eigenvalue weighted by Crippen LogP contribution is -1.93. The Balaban J connectivity index is 2.86. The highest BCUT2D eigenvalue weighted by Gasteiger charge is 2.08. The molecule has 0 fully saturated rings. The average molecular weight is 203 g/mol. The van der Waals surface area contributed by atoms with Crippen LogP contribution in [0.5, 0.6) is 11.5 Å². The zero-order chi connectivity index (χ0) is 10.8. The Morgan fingerprint density at radius 1 is 0.933 bits per heavy atom. The lowest BCUT2D eigenvalue weighted by Gasteiger charge is -2.10. The third-order valence-corrected chi connectivity index (χ3v) is 2.43. The predicted octanol–water partition coefficient (Wildman–Crippen LogP) is 2.44. The topological polar surface area (TPSA) is 44.5 Å². The van der Waals surface area contributed by atoms with Crippen LogP contribution in [0.1, 0.15) is 0 Å². The summed E-state index contributed by atoms with van der Waals surface area (Å²) in [5.74, 6) is 1.57. The van der Waals surface area contributed by atoms with Crippen molar-refractivity contribution >= 4 is 16.5 Å². The van der Waals surface area contributed by atoms with Gasteiger partial charge in [0, 0.05) is 11.1 Å². The molecule has 78 valence electrons. The van der Waals surface area contributed by atoms with Crippen molar-refractivity contribution in [2.45, 2.75) is 0 Å². The van der Waals surface area contributed by atoms with Crippen molar-refractivity contribution < 1.29 is 9.47 Å². The van der Waals surface area contributed by atoms with Gasteiger partial charge in [0.05, 0.1) is 19.6 Å². The Bertz CT molecular complexity index is 494. The normalized spacial score (nSPS) is 10.3. The van der Waals surface area contributed by atoms with Gasteiger partial charge in [-0.15, -0.1) is 0 Å². The van der Waals surface area contributed by atoms with Gasteiger partial charge in [-0.25, -0.2) is 0 Å². The zero-order valence-electron chi connectivity index (χ0n) is 8.78. The minimum absolute atomic E-state index is 0.697. The number of methoxy groups -OCH3 is 2. The summed E-state index contributed by atoms with van der Waals surface area (Å²) >= 11 is 0. The van der Waals surface area contributed by atoms with E-state index in [1.54, 1.807) is 14.2 Å². The Labute approximate surface area is 88.4 Å². The summed E-state index contributed by atoms with van der Waals surface area (Å²) in [6.07, 6.45) is 0. The number of benzene rings is 2. The van der Waals surface area contributed by atoms with Crippen LogP contribution in [0.3, 0.4) is 0 Å². The molecule has 0 spiro atoms. The van der Waals surface area contributed by atoms with E-state index >= 15 is 0 Å². The van der Waals surface area contributed by atoms with E-state index in [4.69, 9.17) is 15.2 Å². The van der Waals surface area contributed by atoms with Crippen LogP contribution in [0, 0.1) is 0 Å². The molecule has 0 aliphatic carbocycles. The molecule has 0 bridgehead atoms. The molecule has 0 radical (unpaired) electrons. The number of anilines is 1. The Hall–Kier alpha value is -1.90. The predicted molar refractivity (Wildman–Crippen MR) is 61.5 cm³/mol. The van der Waals surface area contributed by atoms with Gasteiger partial charge in [0.25, 0.3) is 0 Å². The third-order valence-electron chi connectivity index (χ3n) is 2.43. The Morgan fingerprint density at radius 2 is 1.67 bits per heavy atom. The van der Waals surface area contributed by atoms with Crippen LogP contribution < -0.4 is 15.2 Å². The lowest BCUT2D eigenvalue weighted by atomic mass is 10.1. The maximum absolute atomic E-state index is 5.92. The first-order chi connectivity index (χ1) is 7.27. The standard InChI is InChI=1S/C12H13NO2/c1-14-10-7-6-9(13)12-8(10)4-3-5-11(12)15-2/h3-7H,13H2,1-2H3. The van der Waals surface area contributed by atoms with Crippen LogP contribution in [-0.4, -0.2) is 14.2 Å². The fraction of sp³-hybridized carbons (Fsp3) is 0.167. The van der Waals surface area contributed by atoms with E-state index in [0.717, 1.165) is 22.3 Å². The third kappa shape index (κ3) is 1.46. The van der Waals surface area contributed by atoms with Gasteiger partial charge in [-0.3, -0.25) is 0 Å². The largest absolute Gasteiger partial charge is 0.496 e. The second-order valence-corrected chi connectivity index (χ2v) is 3.24. The summed E-state index contributed by atoms with van der Waals surface area (Å²) in [5, 5.41) is 1.87. The van der Waals surface area contributed by atoms with Crippen molar-refractivity contribution in [2.75, 3.05) is 20.0 Å². The smallest absolute Gasteiger partial charge is 0.128 e. The number of rotatable bonds is 2. The van der Waals surface area contributed by atoms with Crippen molar-refractivity contribution in [3.8, 4) is 11.5 Å². The molecule has 0 aliphatic heterocycles. The number of ether oxygens (including phenoxy) is 2. The van der Waals surface area contributed by atoms with Crippen LogP contribution in [0.15, 0.2) is 30.3 Å². The fourth-order valence-corrected chi connectivity index (χ4v) is 1.72. The molecular weight excluding hydrogens is 190 g/mol. The molecule has 0 saturated heterocycles. The summed E-state index contributed by atoms with van der Waals surface area (Å²) in [4.78, 5) is 0. The van der Waals surface area contributed by atoms with Gasteiger partial charge in [-0.1, -0.05) is 12.1 Å². The first kappa shape index (κ1) is 9.65. The maximum atomic E-state index is 5.92. The molecule has 2 rings (SSSR count). The van der Waals surface area contributed by atoms with Gasteiger partial charge in [-0.2, -0.15) is 0 Å². The second-order valence-electron chi connectivity index (χ2n) is 3.24. The summed E-state index contributed by atoms with van der Waals surface area (Å²) in [7, 11) is 3.28. The molecule has 0 unspecified atom stereocenters. The number of nitrogen functional groups attached to an aromatic ring is 1. The Morgan fingerprint density at radius 3 is 2.33 bits per heavy atom. The van der Waals surface area contributed by atoms with Crippen molar-refractivity contribution in [2.24, 2.45) is 0 Å². The summed E-state index contributed by atoms with van der Waals surface area (Å²) in [6.45, 7) is 0. The SMILES string of the molecule is COc1ccc(N)c2c(OC)cccc12. The number of hydrogen-bond acceptors (Lipinski definition) is 3. The van der Waals surface area contributed by atoms with Crippen LogP contribution in [0.4, 0.5) is 5.69 Å². The van der Waals surface area contributed by atoms with E-state index < -0.39 is 0 Å². The number of hydrogen-bond donors (Lipinski definition) is 1. The quantitative estimate of drug-likeness (QED) is 0.762. The van der Waals surface area contributed by atoms with Gasteiger partial charge in [0.2, 0.25) is 0 Å². The van der Waals surface area contributed by atoms with E-state index in [9.17, 15) is 0 Å². The molecule has 0 saturated carbocycles. The monoisotopic (exact) mass is 203 g/mol. The molecule has 3 nitrogen and oxygen atoms in total. The molecular formula is C12H13NO2. The lowest BCUT2D eigenvalue weighted by molar-refractivity contribution is 0.415. The Kier molecular flexibility index (Phi) is 2.37. The molecule has 15 heavy (non-hydrogen) atoms. The van der Waals surface area contributed by atoms with Crippen molar-refractivity contribution in [3.63, 3.8) is 0 Å². The summed E-state index contributed by atoms with van der Waals surface area (Å²) in [6, 6.07) is 9.45. The molecule has 0 atom stereocenters. The van der Waals surface area contributed by atoms with Crippen LogP contribution in [0.25, 0.3) is 10.8 Å². The second kappa shape index (κ2) is 3.69. The van der Waals surface area contributed by atoms with Crippen molar-refractivity contribution in [1.29, 1.82) is 0 Å². The van der Waals surface area contributed by atoms with Gasteiger partial charge >= 0.3 is 0 Å². The highest BCUT2D eigenvalue weighted by molar-refractivity contribution is 6.01. The van der Waals surface area contributed by atoms with E-state index in [-0.39, 0.29) is 0 Å². The summed E-state index contributed by atoms with van der Waals surface area (Å²) < 4.78 is 10.5. The zero-order valence-corrected chi connectivity index (χ0v) is 8.78. The van der Waals surface area contributed by atoms with Gasteiger partial charge < -0.3 is 15.2 Å². The first-order valence-corrected chi connectivity index (χ1v) is 4.67.